The number of rotatable bonds is 3. The van der Waals surface area contributed by atoms with Gasteiger partial charge in [-0.1, -0.05) is 13.8 Å². The molecule has 0 saturated heterocycles. The summed E-state index contributed by atoms with van der Waals surface area (Å²) in [7, 11) is 0. The molecule has 0 amide bonds. The van der Waals surface area contributed by atoms with Gasteiger partial charge in [-0.2, -0.15) is 0 Å². The fourth-order valence-electron chi connectivity index (χ4n) is 0.944. The molecular formula is C7H16O2. The van der Waals surface area contributed by atoms with E-state index in [9.17, 15) is 5.11 Å². The molecular weight excluding hydrogens is 116 g/mol. The fourth-order valence-corrected chi connectivity index (χ4v) is 0.944. The van der Waals surface area contributed by atoms with E-state index in [2.05, 4.69) is 0 Å². The smallest absolute Gasteiger partial charge is 0.0851 e. The molecule has 0 rings (SSSR count). The Morgan fingerprint density at radius 1 is 1.44 bits per heavy atom. The summed E-state index contributed by atoms with van der Waals surface area (Å²) in [5.41, 5.74) is -0.881. The van der Waals surface area contributed by atoms with Gasteiger partial charge in [0.15, 0.2) is 0 Å². The Kier molecular flexibility index (Phi) is 3.15. The lowest BCUT2D eigenvalue weighted by Gasteiger charge is -2.21. The molecule has 0 aliphatic heterocycles. The van der Waals surface area contributed by atoms with Gasteiger partial charge in [0.2, 0.25) is 0 Å². The van der Waals surface area contributed by atoms with Crippen molar-refractivity contribution in [2.24, 2.45) is 5.92 Å². The summed E-state index contributed by atoms with van der Waals surface area (Å²) in [4.78, 5) is 0. The molecule has 0 aromatic heterocycles. The van der Waals surface area contributed by atoms with Crippen LogP contribution >= 0.6 is 0 Å². The van der Waals surface area contributed by atoms with Crippen molar-refractivity contribution in [3.05, 3.63) is 0 Å². The van der Waals surface area contributed by atoms with Crippen LogP contribution in [-0.2, 0) is 0 Å². The minimum atomic E-state index is -0.881. The summed E-state index contributed by atoms with van der Waals surface area (Å²) in [5, 5.41) is 17.8. The van der Waals surface area contributed by atoms with Crippen LogP contribution in [0.25, 0.3) is 0 Å². The standard InChI is InChI=1S/C7H16O2/c1-6(2)4-7(3,9)5-8/h6,8-9H,4-5H2,1-3H3/t7-/m1/s1. The largest absolute Gasteiger partial charge is 0.393 e. The fraction of sp³-hybridized carbons (Fsp3) is 1.00. The van der Waals surface area contributed by atoms with Crippen LogP contribution in [0.15, 0.2) is 0 Å². The molecule has 0 radical (unpaired) electrons. The van der Waals surface area contributed by atoms with Crippen LogP contribution in [0.3, 0.4) is 0 Å². The van der Waals surface area contributed by atoms with E-state index in [1.165, 1.54) is 0 Å². The molecule has 0 saturated carbocycles. The van der Waals surface area contributed by atoms with E-state index < -0.39 is 5.60 Å². The van der Waals surface area contributed by atoms with Crippen molar-refractivity contribution < 1.29 is 10.2 Å². The minimum Gasteiger partial charge on any atom is -0.393 e. The topological polar surface area (TPSA) is 40.5 Å². The highest BCUT2D eigenvalue weighted by Crippen LogP contribution is 2.14. The maximum atomic E-state index is 9.24. The van der Waals surface area contributed by atoms with Crippen LogP contribution in [0, 0.1) is 5.92 Å². The van der Waals surface area contributed by atoms with Gasteiger partial charge in [0.25, 0.3) is 0 Å². The first kappa shape index (κ1) is 8.92. The lowest BCUT2D eigenvalue weighted by atomic mass is 9.95. The molecule has 0 aromatic carbocycles. The predicted molar refractivity (Wildman–Crippen MR) is 37.2 cm³/mol. The third kappa shape index (κ3) is 4.43. The number of hydrogen-bond donors (Lipinski definition) is 2. The quantitative estimate of drug-likeness (QED) is 0.595. The van der Waals surface area contributed by atoms with Crippen LogP contribution in [0.5, 0.6) is 0 Å². The zero-order valence-electron chi connectivity index (χ0n) is 6.39. The van der Waals surface area contributed by atoms with Gasteiger partial charge in [0, 0.05) is 0 Å². The first-order chi connectivity index (χ1) is 3.98. The highest BCUT2D eigenvalue weighted by atomic mass is 16.3. The van der Waals surface area contributed by atoms with Crippen molar-refractivity contribution in [2.45, 2.75) is 32.8 Å². The molecule has 1 atom stereocenters. The molecule has 9 heavy (non-hydrogen) atoms. The van der Waals surface area contributed by atoms with Gasteiger partial charge in [-0.25, -0.2) is 0 Å². The van der Waals surface area contributed by atoms with Crippen LogP contribution in [0.1, 0.15) is 27.2 Å². The zero-order chi connectivity index (χ0) is 7.49. The van der Waals surface area contributed by atoms with Gasteiger partial charge in [-0.3, -0.25) is 0 Å². The van der Waals surface area contributed by atoms with E-state index in [0.717, 1.165) is 0 Å². The van der Waals surface area contributed by atoms with Crippen LogP contribution in [0.2, 0.25) is 0 Å². The van der Waals surface area contributed by atoms with Gasteiger partial charge < -0.3 is 10.2 Å². The predicted octanol–water partition coefficient (Wildman–Crippen LogP) is 0.776. The summed E-state index contributed by atoms with van der Waals surface area (Å²) in [6.45, 7) is 5.53. The Morgan fingerprint density at radius 3 is 2.00 bits per heavy atom. The van der Waals surface area contributed by atoms with Gasteiger partial charge in [0.1, 0.15) is 0 Å². The maximum absolute atomic E-state index is 9.24. The Hall–Kier alpha value is -0.0800. The Bertz CT molecular complexity index is 77.0. The molecule has 0 heterocycles. The third-order valence-electron chi connectivity index (χ3n) is 1.19. The zero-order valence-corrected chi connectivity index (χ0v) is 6.39. The van der Waals surface area contributed by atoms with Crippen LogP contribution in [0.4, 0.5) is 0 Å². The molecule has 2 nitrogen and oxygen atoms in total. The van der Waals surface area contributed by atoms with Crippen molar-refractivity contribution in [3.8, 4) is 0 Å². The molecule has 2 heteroatoms. The lowest BCUT2D eigenvalue weighted by Crippen LogP contribution is -2.30. The van der Waals surface area contributed by atoms with E-state index in [0.29, 0.717) is 12.3 Å². The Morgan fingerprint density at radius 2 is 1.89 bits per heavy atom. The van der Waals surface area contributed by atoms with Crippen molar-refractivity contribution in [2.75, 3.05) is 6.61 Å². The second-order valence-electron chi connectivity index (χ2n) is 3.25. The van der Waals surface area contributed by atoms with Crippen LogP contribution < -0.4 is 0 Å². The van der Waals surface area contributed by atoms with Crippen LogP contribution in [-0.4, -0.2) is 22.4 Å². The number of aliphatic hydroxyl groups excluding tert-OH is 1. The average Bonchev–Trinajstić information content (AvgIpc) is 1.63. The van der Waals surface area contributed by atoms with Crippen molar-refractivity contribution >= 4 is 0 Å². The highest BCUT2D eigenvalue weighted by molar-refractivity contribution is 4.71. The van der Waals surface area contributed by atoms with E-state index in [4.69, 9.17) is 5.11 Å². The molecule has 0 aliphatic rings. The minimum absolute atomic E-state index is 0.148. The van der Waals surface area contributed by atoms with Crippen molar-refractivity contribution in [3.63, 3.8) is 0 Å². The second kappa shape index (κ2) is 3.18. The molecule has 56 valence electrons. The summed E-state index contributed by atoms with van der Waals surface area (Å²) in [6, 6.07) is 0. The summed E-state index contributed by atoms with van der Waals surface area (Å²) in [6.07, 6.45) is 0.656. The Labute approximate surface area is 56.5 Å². The SMILES string of the molecule is CC(C)C[C@@](C)(O)CO. The third-order valence-corrected chi connectivity index (χ3v) is 1.19. The Balaban J connectivity index is 3.58. The number of aliphatic hydroxyl groups is 2. The molecule has 0 bridgehead atoms. The summed E-state index contributed by atoms with van der Waals surface area (Å²) < 4.78 is 0. The lowest BCUT2D eigenvalue weighted by molar-refractivity contribution is -0.0142. The molecule has 0 fully saturated rings. The highest BCUT2D eigenvalue weighted by Gasteiger charge is 2.19. The molecule has 2 N–H and O–H groups in total. The van der Waals surface area contributed by atoms with E-state index in [1.54, 1.807) is 6.92 Å². The molecule has 0 unspecified atom stereocenters. The van der Waals surface area contributed by atoms with Gasteiger partial charge in [-0.15, -0.1) is 0 Å². The first-order valence-corrected chi connectivity index (χ1v) is 3.31. The van der Waals surface area contributed by atoms with Gasteiger partial charge in [0.05, 0.1) is 12.2 Å². The second-order valence-corrected chi connectivity index (χ2v) is 3.25. The van der Waals surface area contributed by atoms with Crippen molar-refractivity contribution in [1.29, 1.82) is 0 Å². The monoisotopic (exact) mass is 132 g/mol. The normalized spacial score (nSPS) is 18.0. The molecule has 0 aromatic rings. The maximum Gasteiger partial charge on any atom is 0.0851 e. The summed E-state index contributed by atoms with van der Waals surface area (Å²) >= 11 is 0. The molecule has 0 spiro atoms. The van der Waals surface area contributed by atoms with E-state index >= 15 is 0 Å². The first-order valence-electron chi connectivity index (χ1n) is 3.31. The summed E-state index contributed by atoms with van der Waals surface area (Å²) in [5.74, 6) is 0.437. The number of hydrogen-bond acceptors (Lipinski definition) is 2. The van der Waals surface area contributed by atoms with E-state index in [1.807, 2.05) is 13.8 Å². The van der Waals surface area contributed by atoms with E-state index in [-0.39, 0.29) is 6.61 Å². The van der Waals surface area contributed by atoms with Gasteiger partial charge >= 0.3 is 0 Å². The average molecular weight is 132 g/mol. The van der Waals surface area contributed by atoms with Gasteiger partial charge in [-0.05, 0) is 19.3 Å². The van der Waals surface area contributed by atoms with Crippen molar-refractivity contribution in [1.82, 2.24) is 0 Å². The molecule has 0 aliphatic carbocycles.